The van der Waals surface area contributed by atoms with Gasteiger partial charge in [-0.05, 0) is 25.1 Å². The van der Waals surface area contributed by atoms with Crippen molar-refractivity contribution in [3.05, 3.63) is 65.4 Å². The van der Waals surface area contributed by atoms with Crippen molar-refractivity contribution < 1.29 is 28.2 Å². The van der Waals surface area contributed by atoms with Crippen LogP contribution in [0.5, 0.6) is 5.75 Å². The second-order valence-corrected chi connectivity index (χ2v) is 5.40. The third-order valence-electron chi connectivity index (χ3n) is 3.83. The van der Waals surface area contributed by atoms with Gasteiger partial charge in [0.15, 0.2) is 0 Å². The topological polar surface area (TPSA) is 75.0 Å². The lowest BCUT2D eigenvalue weighted by molar-refractivity contribution is 0.0433. The fourth-order valence-electron chi connectivity index (χ4n) is 2.63. The van der Waals surface area contributed by atoms with E-state index in [1.807, 2.05) is 6.07 Å². The number of esters is 2. The molecule has 0 saturated heterocycles. The van der Waals surface area contributed by atoms with Crippen LogP contribution in [0.2, 0.25) is 0 Å². The molecule has 6 heteroatoms. The summed E-state index contributed by atoms with van der Waals surface area (Å²) in [6.07, 6.45) is 0. The van der Waals surface area contributed by atoms with Crippen LogP contribution in [0.3, 0.4) is 0 Å². The molecule has 26 heavy (non-hydrogen) atoms. The Hall–Kier alpha value is -3.28. The van der Waals surface area contributed by atoms with E-state index >= 15 is 0 Å². The lowest BCUT2D eigenvalue weighted by Crippen LogP contribution is -2.10. The summed E-state index contributed by atoms with van der Waals surface area (Å²) in [7, 11) is 1.48. The van der Waals surface area contributed by atoms with Crippen molar-refractivity contribution in [3.63, 3.8) is 0 Å². The maximum absolute atomic E-state index is 12.4. The van der Waals surface area contributed by atoms with Crippen LogP contribution >= 0.6 is 0 Å². The molecule has 134 valence electrons. The molecule has 2 aromatic carbocycles. The molecule has 0 amide bonds. The van der Waals surface area contributed by atoms with Crippen molar-refractivity contribution in [1.29, 1.82) is 0 Å². The lowest BCUT2D eigenvalue weighted by atomic mass is 10.1. The van der Waals surface area contributed by atoms with E-state index in [0.29, 0.717) is 27.8 Å². The molecular formula is C20H18O6. The summed E-state index contributed by atoms with van der Waals surface area (Å²) < 4.78 is 21.2. The molecule has 0 aliphatic carbocycles. The second kappa shape index (κ2) is 7.74. The zero-order valence-corrected chi connectivity index (χ0v) is 14.5. The number of carbonyl (C=O) groups excluding carboxylic acids is 2. The van der Waals surface area contributed by atoms with Crippen LogP contribution in [-0.2, 0) is 16.1 Å². The van der Waals surface area contributed by atoms with Crippen molar-refractivity contribution in [2.24, 2.45) is 0 Å². The first-order chi connectivity index (χ1) is 12.7. The molecule has 0 N–H and O–H groups in total. The first-order valence-electron chi connectivity index (χ1n) is 8.13. The molecule has 3 rings (SSSR count). The number of hydrogen-bond acceptors (Lipinski definition) is 6. The second-order valence-electron chi connectivity index (χ2n) is 5.40. The summed E-state index contributed by atoms with van der Waals surface area (Å²) in [6.45, 7) is 1.81. The number of rotatable bonds is 6. The molecule has 0 radical (unpaired) electrons. The number of furan rings is 1. The first-order valence-corrected chi connectivity index (χ1v) is 8.13. The van der Waals surface area contributed by atoms with Gasteiger partial charge in [-0.15, -0.1) is 0 Å². The minimum Gasteiger partial charge on any atom is -0.496 e. The maximum atomic E-state index is 12.4. The van der Waals surface area contributed by atoms with Gasteiger partial charge in [0.05, 0.1) is 19.3 Å². The molecular weight excluding hydrogens is 336 g/mol. The number of ether oxygens (including phenoxy) is 3. The van der Waals surface area contributed by atoms with Crippen molar-refractivity contribution in [3.8, 4) is 5.75 Å². The van der Waals surface area contributed by atoms with Crippen LogP contribution in [0.4, 0.5) is 0 Å². The van der Waals surface area contributed by atoms with Gasteiger partial charge in [-0.25, -0.2) is 9.59 Å². The molecule has 0 bridgehead atoms. The van der Waals surface area contributed by atoms with Crippen LogP contribution in [-0.4, -0.2) is 25.7 Å². The van der Waals surface area contributed by atoms with Crippen LogP contribution in [0.15, 0.2) is 52.9 Å². The van der Waals surface area contributed by atoms with Crippen LogP contribution in [0.25, 0.3) is 11.0 Å². The first kappa shape index (κ1) is 17.5. The highest BCUT2D eigenvalue weighted by atomic mass is 16.5. The van der Waals surface area contributed by atoms with Gasteiger partial charge in [-0.3, -0.25) is 0 Å². The fourth-order valence-corrected chi connectivity index (χ4v) is 2.63. The number of fused-ring (bicyclic) bond motifs is 1. The normalized spacial score (nSPS) is 10.5. The predicted molar refractivity (Wildman–Crippen MR) is 94.3 cm³/mol. The summed E-state index contributed by atoms with van der Waals surface area (Å²) >= 11 is 0. The van der Waals surface area contributed by atoms with Gasteiger partial charge in [0.2, 0.25) is 5.76 Å². The smallest absolute Gasteiger partial charge is 0.374 e. The summed E-state index contributed by atoms with van der Waals surface area (Å²) in [5, 5.41) is 0.698. The van der Waals surface area contributed by atoms with Crippen LogP contribution in [0.1, 0.15) is 33.4 Å². The van der Waals surface area contributed by atoms with E-state index in [1.165, 1.54) is 7.11 Å². The van der Waals surface area contributed by atoms with Gasteiger partial charge >= 0.3 is 11.9 Å². The molecule has 3 aromatic rings. The molecule has 0 aliphatic heterocycles. The van der Waals surface area contributed by atoms with Gasteiger partial charge in [0, 0.05) is 5.39 Å². The van der Waals surface area contributed by atoms with Gasteiger partial charge in [0.1, 0.15) is 23.5 Å². The number of benzene rings is 2. The zero-order chi connectivity index (χ0) is 18.5. The quantitative estimate of drug-likeness (QED) is 0.624. The number of hydrogen-bond donors (Lipinski definition) is 0. The van der Waals surface area contributed by atoms with E-state index in [-0.39, 0.29) is 19.0 Å². The third-order valence-corrected chi connectivity index (χ3v) is 3.83. The standard InChI is InChI=1S/C20H18O6/c1-3-24-20(22)18-15(13-8-4-7-11-17(13)26-18)12-25-19(21)14-9-5-6-10-16(14)23-2/h4-11H,3,12H2,1-2H3. The van der Waals surface area contributed by atoms with Crippen molar-refractivity contribution >= 4 is 22.9 Å². The van der Waals surface area contributed by atoms with Crippen LogP contribution < -0.4 is 4.74 Å². The Morgan fingerprint density at radius 2 is 1.69 bits per heavy atom. The Morgan fingerprint density at radius 3 is 2.46 bits per heavy atom. The van der Waals surface area contributed by atoms with Crippen molar-refractivity contribution in [1.82, 2.24) is 0 Å². The van der Waals surface area contributed by atoms with Gasteiger partial charge in [-0.1, -0.05) is 30.3 Å². The Bertz CT molecular complexity index is 940. The summed E-state index contributed by atoms with van der Waals surface area (Å²) in [4.78, 5) is 24.6. The van der Waals surface area contributed by atoms with Gasteiger partial charge in [0.25, 0.3) is 0 Å². The minimum absolute atomic E-state index is 0.0425. The van der Waals surface area contributed by atoms with Crippen molar-refractivity contribution in [2.45, 2.75) is 13.5 Å². The summed E-state index contributed by atoms with van der Waals surface area (Å²) in [6, 6.07) is 13.9. The molecule has 0 spiro atoms. The zero-order valence-electron chi connectivity index (χ0n) is 14.5. The number of carbonyl (C=O) groups is 2. The maximum Gasteiger partial charge on any atom is 0.374 e. The Morgan fingerprint density at radius 1 is 0.962 bits per heavy atom. The van der Waals surface area contributed by atoms with E-state index < -0.39 is 11.9 Å². The highest BCUT2D eigenvalue weighted by Crippen LogP contribution is 2.28. The summed E-state index contributed by atoms with van der Waals surface area (Å²) in [5.41, 5.74) is 1.31. The highest BCUT2D eigenvalue weighted by Gasteiger charge is 2.23. The van der Waals surface area contributed by atoms with Gasteiger partial charge in [-0.2, -0.15) is 0 Å². The molecule has 0 fully saturated rings. The molecule has 0 atom stereocenters. The average Bonchev–Trinajstić information content (AvgIpc) is 3.05. The van der Waals surface area contributed by atoms with E-state index in [4.69, 9.17) is 18.6 Å². The molecule has 1 aromatic heterocycles. The molecule has 0 aliphatic rings. The number of methoxy groups -OCH3 is 1. The molecule has 0 saturated carbocycles. The Kier molecular flexibility index (Phi) is 5.22. The summed E-state index contributed by atoms with van der Waals surface area (Å²) in [5.74, 6) is -0.685. The van der Waals surface area contributed by atoms with Crippen molar-refractivity contribution in [2.75, 3.05) is 13.7 Å². The fraction of sp³-hybridized carbons (Fsp3) is 0.200. The molecule has 6 nitrogen and oxygen atoms in total. The minimum atomic E-state index is -0.591. The molecule has 0 unspecified atom stereocenters. The van der Waals surface area contributed by atoms with E-state index in [9.17, 15) is 9.59 Å². The van der Waals surface area contributed by atoms with Crippen LogP contribution in [0, 0.1) is 0 Å². The van der Waals surface area contributed by atoms with E-state index in [1.54, 1.807) is 49.4 Å². The predicted octanol–water partition coefficient (Wildman–Crippen LogP) is 3.98. The molecule has 1 heterocycles. The monoisotopic (exact) mass is 354 g/mol. The third kappa shape index (κ3) is 3.39. The van der Waals surface area contributed by atoms with E-state index in [0.717, 1.165) is 0 Å². The van der Waals surface area contributed by atoms with Gasteiger partial charge < -0.3 is 18.6 Å². The van der Waals surface area contributed by atoms with E-state index in [2.05, 4.69) is 0 Å². The highest BCUT2D eigenvalue weighted by molar-refractivity contribution is 5.97. The average molecular weight is 354 g/mol. The number of para-hydroxylation sites is 2. The largest absolute Gasteiger partial charge is 0.496 e. The Balaban J connectivity index is 1.89. The Labute approximate surface area is 150 Å². The SMILES string of the molecule is CCOC(=O)c1oc2ccccc2c1COC(=O)c1ccccc1OC. The lowest BCUT2D eigenvalue weighted by Gasteiger charge is -2.09.